The van der Waals surface area contributed by atoms with Gasteiger partial charge in [0.05, 0.1) is 7.85 Å². The van der Waals surface area contributed by atoms with Crippen LogP contribution >= 0.6 is 0 Å². The van der Waals surface area contributed by atoms with E-state index >= 15 is 0 Å². The molecule has 4 heteroatoms. The molecule has 0 unspecified atom stereocenters. The Morgan fingerprint density at radius 1 is 1.60 bits per heavy atom. The van der Waals surface area contributed by atoms with Crippen molar-refractivity contribution < 1.29 is 29.6 Å². The van der Waals surface area contributed by atoms with Crippen molar-refractivity contribution >= 4 is 16.3 Å². The molecule has 5 heavy (non-hydrogen) atoms. The molecule has 0 aliphatic rings. The van der Waals surface area contributed by atoms with Gasteiger partial charge in [-0.3, -0.25) is 5.26 Å². The van der Waals surface area contributed by atoms with Gasteiger partial charge in [-0.05, 0) is 0 Å². The summed E-state index contributed by atoms with van der Waals surface area (Å²) < 4.78 is 0. The van der Waals surface area contributed by atoms with Crippen LogP contribution in [0.5, 0.6) is 0 Å². The normalized spacial score (nSPS) is 1.60. The molecule has 0 aliphatic heterocycles. The van der Waals surface area contributed by atoms with Crippen LogP contribution in [0.25, 0.3) is 0 Å². The van der Waals surface area contributed by atoms with Gasteiger partial charge in [0.25, 0.3) is 0 Å². The summed E-state index contributed by atoms with van der Waals surface area (Å²) >= 11 is 0. The van der Waals surface area contributed by atoms with Gasteiger partial charge in [-0.2, -0.15) is 5.97 Å². The van der Waals surface area contributed by atoms with Gasteiger partial charge in [0.15, 0.2) is 0 Å². The van der Waals surface area contributed by atoms with E-state index in [1.165, 1.54) is 0 Å². The van der Waals surface area contributed by atoms with Crippen LogP contribution in [-0.4, -0.2) is 16.3 Å². The van der Waals surface area contributed by atoms with Crippen molar-refractivity contribution in [3.63, 3.8) is 0 Å². The second-order valence-corrected chi connectivity index (χ2v) is 0. The third-order valence-corrected chi connectivity index (χ3v) is 0. The van der Waals surface area contributed by atoms with Crippen LogP contribution in [0.2, 0.25) is 0 Å². The Balaban J connectivity index is -0.0000000200. The molecule has 0 fully saturated rings. The number of hydrogen-bond donors (Lipinski definition) is 0. The third kappa shape index (κ3) is 82.5. The zero-order valence-electron chi connectivity index (χ0n) is 2.52. The number of nitrogens with zero attached hydrogens (tertiary/aromatic N) is 1. The quantitative estimate of drug-likeness (QED) is 0.265. The molecule has 1 nitrogen and oxygen atoms in total. The first kappa shape index (κ1) is 17.5. The van der Waals surface area contributed by atoms with Gasteiger partial charge in [0.1, 0.15) is 0 Å². The van der Waals surface area contributed by atoms with Crippen LogP contribution in [-0.2, 0) is 0 Å². The van der Waals surface area contributed by atoms with Crippen molar-refractivity contribution in [3.05, 3.63) is 0 Å². The predicted octanol–water partition coefficient (Wildman–Crippen LogP) is -4.54. The minimum atomic E-state index is 0. The summed E-state index contributed by atoms with van der Waals surface area (Å²) in [5, 5.41) is 7.43. The maximum Gasteiger partial charge on any atom is 1.00 e. The van der Waals surface area contributed by atoms with Crippen LogP contribution in [0.1, 0.15) is 0 Å². The van der Waals surface area contributed by atoms with E-state index in [9.17, 15) is 0 Å². The molecule has 0 amide bonds. The first-order valence-corrected chi connectivity index (χ1v) is 0.224. The fraction of sp³-hybridized carbons (Fsp3) is 0. The summed E-state index contributed by atoms with van der Waals surface area (Å²) in [6.07, 6.45) is 0. The molecule has 0 N–H and O–H groups in total. The monoisotopic (exact) mass is 74.0 g/mol. The third-order valence-electron chi connectivity index (χ3n) is 0. The van der Waals surface area contributed by atoms with Crippen molar-refractivity contribution in [2.24, 2.45) is 0 Å². The van der Waals surface area contributed by atoms with Crippen molar-refractivity contribution in [1.82, 2.24) is 0 Å². The molecular weight excluding hydrogens is 70.6 g/mol. The summed E-state index contributed by atoms with van der Waals surface area (Å²) in [7, 11) is 0.0694. The Morgan fingerprint density at radius 3 is 1.60 bits per heavy atom. The van der Waals surface area contributed by atoms with Crippen LogP contribution in [0, 0.1) is 11.2 Å². The molecule has 0 saturated carbocycles. The average molecular weight is 73.7 g/mol. The van der Waals surface area contributed by atoms with Crippen LogP contribution in [0.4, 0.5) is 0 Å². The van der Waals surface area contributed by atoms with Crippen LogP contribution in [0.15, 0.2) is 0 Å². The topological polar surface area (TPSA) is 23.8 Å². The molecule has 3 radical (unpaired) electrons. The Labute approximate surface area is 57.0 Å². The second-order valence-electron chi connectivity index (χ2n) is 0. The number of hydrogen-bond acceptors (Lipinski definition) is 1. The van der Waals surface area contributed by atoms with E-state index in [-0.39, 0.29) is 45.8 Å². The van der Waals surface area contributed by atoms with Gasteiger partial charge in [-0.25, -0.2) is 0 Å². The average Bonchev–Trinajstić information content (AvgIpc) is 0.918. The van der Waals surface area contributed by atoms with Gasteiger partial charge in [0, 0.05) is 8.41 Å². The van der Waals surface area contributed by atoms with Crippen molar-refractivity contribution in [2.75, 3.05) is 0 Å². The van der Waals surface area contributed by atoms with E-state index in [0.29, 0.717) is 0 Å². The summed E-state index contributed by atoms with van der Waals surface area (Å²) in [6.45, 7) is 0. The van der Waals surface area contributed by atoms with Crippen molar-refractivity contribution in [3.8, 4) is 5.97 Å². The Kier molecular flexibility index (Phi) is 80.6. The van der Waals surface area contributed by atoms with E-state index in [0.717, 1.165) is 0 Å². The molecule has 0 aromatic carbocycles. The molecule has 0 heterocycles. The minimum absolute atomic E-state index is 0. The zero-order valence-corrected chi connectivity index (χ0v) is 4.52. The summed E-state index contributed by atoms with van der Waals surface area (Å²) in [5.74, 6) is 2.00. The van der Waals surface area contributed by atoms with Gasteiger partial charge >= 0.3 is 29.6 Å². The second kappa shape index (κ2) is 23.1. The van der Waals surface area contributed by atoms with Gasteiger partial charge < -0.3 is 0 Å². The standard InChI is InChI=1S/CH3BN.B.Na/c2-1-3;;/h2H3;;/q-1;;+1. The van der Waals surface area contributed by atoms with E-state index in [1.54, 1.807) is 0 Å². The molecule has 0 aliphatic carbocycles. The molecular formula is CH3B2NNa. The first-order valence-electron chi connectivity index (χ1n) is 0.224. The predicted molar refractivity (Wildman–Crippen MR) is 21.3 cm³/mol. The molecule has 0 atom stereocenters. The van der Waals surface area contributed by atoms with Crippen LogP contribution < -0.4 is 29.6 Å². The minimum Gasteiger partial charge on any atom is -0.251 e. The molecule has 0 bridgehead atoms. The maximum atomic E-state index is 7.43. The fourth-order valence-electron chi connectivity index (χ4n) is 0. The molecule has 0 saturated heterocycles. The summed E-state index contributed by atoms with van der Waals surface area (Å²) in [6, 6.07) is 0. The van der Waals surface area contributed by atoms with Gasteiger partial charge in [-0.15, -0.1) is 0 Å². The van der Waals surface area contributed by atoms with Gasteiger partial charge in [0.2, 0.25) is 0 Å². The fourth-order valence-corrected chi connectivity index (χ4v) is 0. The van der Waals surface area contributed by atoms with E-state index in [2.05, 4.69) is 0 Å². The largest absolute Gasteiger partial charge is 1.00 e. The summed E-state index contributed by atoms with van der Waals surface area (Å²) in [5.41, 5.74) is 0. The number of nitriles is 1. The van der Waals surface area contributed by atoms with Crippen LogP contribution in [0.3, 0.4) is 0 Å². The zero-order chi connectivity index (χ0) is 2.71. The molecule has 0 aromatic heterocycles. The molecule has 19 valence electrons. The van der Waals surface area contributed by atoms with Crippen molar-refractivity contribution in [1.29, 1.82) is 5.26 Å². The first-order chi connectivity index (χ1) is 1.41. The van der Waals surface area contributed by atoms with Gasteiger partial charge in [-0.1, -0.05) is 0 Å². The molecule has 0 aromatic rings. The maximum absolute atomic E-state index is 7.43. The smallest absolute Gasteiger partial charge is 0.251 e. The molecule has 0 spiro atoms. The number of rotatable bonds is 0. The molecule has 0 rings (SSSR count). The SMILES string of the molecule is [BH3-]C#N.[B].[Na+]. The summed E-state index contributed by atoms with van der Waals surface area (Å²) in [4.78, 5) is 0. The van der Waals surface area contributed by atoms with Crippen molar-refractivity contribution in [2.45, 2.75) is 0 Å². The Morgan fingerprint density at radius 2 is 1.60 bits per heavy atom. The Bertz CT molecular complexity index is 31.1. The van der Waals surface area contributed by atoms with E-state index < -0.39 is 0 Å². The van der Waals surface area contributed by atoms with E-state index in [4.69, 9.17) is 5.26 Å². The Hall–Kier alpha value is 0.620. The van der Waals surface area contributed by atoms with E-state index in [1.807, 2.05) is 5.97 Å².